The van der Waals surface area contributed by atoms with Gasteiger partial charge in [-0.1, -0.05) is 6.42 Å². The van der Waals surface area contributed by atoms with Gasteiger partial charge in [-0.05, 0) is 42.9 Å². The number of benzene rings is 1. The smallest absolute Gasteiger partial charge is 0.228 e. The quantitative estimate of drug-likeness (QED) is 0.869. The Morgan fingerprint density at radius 2 is 2.11 bits per heavy atom. The van der Waals surface area contributed by atoms with Crippen LogP contribution in [0.25, 0.3) is 0 Å². The van der Waals surface area contributed by atoms with Crippen LogP contribution in [0.3, 0.4) is 0 Å². The zero-order chi connectivity index (χ0) is 12.7. The lowest BCUT2D eigenvalue weighted by atomic mass is 10.1. The van der Waals surface area contributed by atoms with E-state index in [4.69, 9.17) is 5.26 Å². The van der Waals surface area contributed by atoms with Crippen molar-refractivity contribution in [3.63, 3.8) is 0 Å². The molecule has 2 unspecified atom stereocenters. The first-order valence-electron chi connectivity index (χ1n) is 6.21. The molecule has 0 bridgehead atoms. The maximum absolute atomic E-state index is 13.6. The van der Waals surface area contributed by atoms with Gasteiger partial charge >= 0.3 is 0 Å². The lowest BCUT2D eigenvalue weighted by molar-refractivity contribution is -0.118. The van der Waals surface area contributed by atoms with Crippen LogP contribution in [0.4, 0.5) is 10.1 Å². The molecule has 1 aromatic rings. The van der Waals surface area contributed by atoms with Gasteiger partial charge in [-0.2, -0.15) is 5.26 Å². The molecule has 2 fully saturated rings. The van der Waals surface area contributed by atoms with Crippen LogP contribution >= 0.6 is 0 Å². The Balaban J connectivity index is 1.70. The molecule has 0 aromatic heterocycles. The number of halogens is 1. The van der Waals surface area contributed by atoms with Crippen LogP contribution in [0.5, 0.6) is 0 Å². The summed E-state index contributed by atoms with van der Waals surface area (Å²) in [5, 5.41) is 11.3. The Hall–Kier alpha value is -1.89. The van der Waals surface area contributed by atoms with Crippen molar-refractivity contribution >= 4 is 11.6 Å². The first-order valence-corrected chi connectivity index (χ1v) is 6.21. The van der Waals surface area contributed by atoms with Crippen LogP contribution in [-0.2, 0) is 4.79 Å². The lowest BCUT2D eigenvalue weighted by Gasteiger charge is -2.07. The van der Waals surface area contributed by atoms with E-state index in [0.717, 1.165) is 18.9 Å². The number of hydrogen-bond donors (Lipinski definition) is 1. The van der Waals surface area contributed by atoms with Crippen LogP contribution < -0.4 is 5.32 Å². The molecule has 0 radical (unpaired) electrons. The SMILES string of the molecule is N#Cc1ccc(NC(=O)C2C3CCCC32)c(F)c1. The predicted octanol–water partition coefficient (Wildman–Crippen LogP) is 2.68. The van der Waals surface area contributed by atoms with Crippen molar-refractivity contribution < 1.29 is 9.18 Å². The van der Waals surface area contributed by atoms with Gasteiger partial charge in [0.25, 0.3) is 0 Å². The third-order valence-corrected chi connectivity index (χ3v) is 4.07. The van der Waals surface area contributed by atoms with E-state index in [1.807, 2.05) is 6.07 Å². The van der Waals surface area contributed by atoms with Crippen LogP contribution in [-0.4, -0.2) is 5.91 Å². The number of anilines is 1. The molecule has 1 aromatic carbocycles. The number of hydrogen-bond acceptors (Lipinski definition) is 2. The topological polar surface area (TPSA) is 52.9 Å². The maximum atomic E-state index is 13.6. The Morgan fingerprint density at radius 1 is 1.39 bits per heavy atom. The lowest BCUT2D eigenvalue weighted by Crippen LogP contribution is -2.17. The standard InChI is InChI=1S/C14H13FN2O/c15-11-6-8(7-16)4-5-12(11)17-14(18)13-9-2-1-3-10(9)13/h4-6,9-10,13H,1-3H2,(H,17,18). The number of nitriles is 1. The second kappa shape index (κ2) is 4.09. The van der Waals surface area contributed by atoms with E-state index in [0.29, 0.717) is 11.8 Å². The summed E-state index contributed by atoms with van der Waals surface area (Å²) in [6, 6.07) is 5.96. The van der Waals surface area contributed by atoms with Crippen molar-refractivity contribution in [1.29, 1.82) is 5.26 Å². The molecular formula is C14H13FN2O. The number of carbonyl (C=O) groups is 1. The fourth-order valence-electron chi connectivity index (χ4n) is 3.11. The summed E-state index contributed by atoms with van der Waals surface area (Å²) in [7, 11) is 0. The third-order valence-electron chi connectivity index (χ3n) is 4.07. The molecule has 4 heteroatoms. The molecule has 18 heavy (non-hydrogen) atoms. The van der Waals surface area contributed by atoms with Gasteiger partial charge in [0.05, 0.1) is 17.3 Å². The normalized spacial score (nSPS) is 28.3. The molecule has 3 rings (SSSR count). The molecule has 2 saturated carbocycles. The van der Waals surface area contributed by atoms with E-state index in [-0.39, 0.29) is 23.1 Å². The molecule has 3 nitrogen and oxygen atoms in total. The summed E-state index contributed by atoms with van der Waals surface area (Å²) >= 11 is 0. The Labute approximate surface area is 105 Å². The van der Waals surface area contributed by atoms with E-state index in [9.17, 15) is 9.18 Å². The van der Waals surface area contributed by atoms with Crippen molar-refractivity contribution in [2.45, 2.75) is 19.3 Å². The predicted molar refractivity (Wildman–Crippen MR) is 64.1 cm³/mol. The van der Waals surface area contributed by atoms with Gasteiger partial charge in [-0.25, -0.2) is 4.39 Å². The van der Waals surface area contributed by atoms with Gasteiger partial charge in [0.2, 0.25) is 5.91 Å². The van der Waals surface area contributed by atoms with Gasteiger partial charge in [-0.15, -0.1) is 0 Å². The van der Waals surface area contributed by atoms with Crippen molar-refractivity contribution in [2.24, 2.45) is 17.8 Å². The zero-order valence-electron chi connectivity index (χ0n) is 9.82. The molecule has 0 heterocycles. The minimum atomic E-state index is -0.548. The molecule has 92 valence electrons. The molecule has 2 atom stereocenters. The molecule has 0 saturated heterocycles. The molecule has 1 N–H and O–H groups in total. The zero-order valence-corrected chi connectivity index (χ0v) is 9.82. The molecule has 0 spiro atoms. The highest BCUT2D eigenvalue weighted by Crippen LogP contribution is 2.57. The van der Waals surface area contributed by atoms with E-state index in [2.05, 4.69) is 5.32 Å². The molecule has 1 amide bonds. The van der Waals surface area contributed by atoms with Gasteiger partial charge in [-0.3, -0.25) is 4.79 Å². The highest BCUT2D eigenvalue weighted by molar-refractivity contribution is 5.95. The summed E-state index contributed by atoms with van der Waals surface area (Å²) in [6.45, 7) is 0. The van der Waals surface area contributed by atoms with Crippen LogP contribution in [0.1, 0.15) is 24.8 Å². The maximum Gasteiger partial charge on any atom is 0.228 e. The van der Waals surface area contributed by atoms with E-state index in [1.54, 1.807) is 0 Å². The first kappa shape index (κ1) is 11.2. The molecule has 0 aliphatic heterocycles. The number of amides is 1. The Morgan fingerprint density at radius 3 is 2.72 bits per heavy atom. The average molecular weight is 244 g/mol. The summed E-state index contributed by atoms with van der Waals surface area (Å²) in [5.41, 5.74) is 0.428. The number of carbonyl (C=O) groups excluding carboxylic acids is 1. The minimum Gasteiger partial charge on any atom is -0.323 e. The largest absolute Gasteiger partial charge is 0.323 e. The van der Waals surface area contributed by atoms with E-state index in [1.165, 1.54) is 18.6 Å². The van der Waals surface area contributed by atoms with E-state index < -0.39 is 5.82 Å². The summed E-state index contributed by atoms with van der Waals surface area (Å²) in [5.74, 6) is 0.494. The van der Waals surface area contributed by atoms with Gasteiger partial charge in [0.1, 0.15) is 5.82 Å². The Bertz CT molecular complexity index is 539. The highest BCUT2D eigenvalue weighted by atomic mass is 19.1. The third kappa shape index (κ3) is 1.76. The number of nitrogens with zero attached hydrogens (tertiary/aromatic N) is 1. The van der Waals surface area contributed by atoms with Gasteiger partial charge < -0.3 is 5.32 Å². The van der Waals surface area contributed by atoms with Crippen molar-refractivity contribution in [3.8, 4) is 6.07 Å². The van der Waals surface area contributed by atoms with Crippen LogP contribution in [0, 0.1) is 34.9 Å². The fourth-order valence-corrected chi connectivity index (χ4v) is 3.11. The van der Waals surface area contributed by atoms with Crippen molar-refractivity contribution in [1.82, 2.24) is 0 Å². The summed E-state index contributed by atoms with van der Waals surface area (Å²) < 4.78 is 13.6. The average Bonchev–Trinajstić information content (AvgIpc) is 2.86. The van der Waals surface area contributed by atoms with Crippen molar-refractivity contribution in [2.75, 3.05) is 5.32 Å². The first-order chi connectivity index (χ1) is 8.70. The van der Waals surface area contributed by atoms with E-state index >= 15 is 0 Å². The molecule has 2 aliphatic rings. The molecular weight excluding hydrogens is 231 g/mol. The van der Waals surface area contributed by atoms with Crippen LogP contribution in [0.15, 0.2) is 18.2 Å². The number of fused-ring (bicyclic) bond motifs is 1. The van der Waals surface area contributed by atoms with Crippen molar-refractivity contribution in [3.05, 3.63) is 29.6 Å². The van der Waals surface area contributed by atoms with Crippen LogP contribution in [0.2, 0.25) is 0 Å². The second-order valence-corrected chi connectivity index (χ2v) is 5.08. The number of nitrogens with one attached hydrogen (secondary N) is 1. The fraction of sp³-hybridized carbons (Fsp3) is 0.429. The van der Waals surface area contributed by atoms with Gasteiger partial charge in [0.15, 0.2) is 0 Å². The number of rotatable bonds is 2. The Kier molecular flexibility index (Phi) is 2.55. The highest BCUT2D eigenvalue weighted by Gasteiger charge is 2.56. The minimum absolute atomic E-state index is 0.0756. The molecule has 2 aliphatic carbocycles. The van der Waals surface area contributed by atoms with Gasteiger partial charge in [0, 0.05) is 5.92 Å². The second-order valence-electron chi connectivity index (χ2n) is 5.08. The summed E-state index contributed by atoms with van der Waals surface area (Å²) in [4.78, 5) is 12.0. The monoisotopic (exact) mass is 244 g/mol. The summed E-state index contributed by atoms with van der Waals surface area (Å²) in [6.07, 6.45) is 3.46.